The third kappa shape index (κ3) is 3.52. The van der Waals surface area contributed by atoms with Crippen molar-refractivity contribution in [2.75, 3.05) is 5.32 Å². The molecule has 0 saturated heterocycles. The number of aromatic nitrogens is 1. The van der Waals surface area contributed by atoms with Gasteiger partial charge in [-0.3, -0.25) is 9.59 Å². The van der Waals surface area contributed by atoms with Crippen LogP contribution in [-0.4, -0.2) is 16.7 Å². The zero-order valence-electron chi connectivity index (χ0n) is 15.5. The van der Waals surface area contributed by atoms with Crippen LogP contribution < -0.4 is 10.6 Å². The van der Waals surface area contributed by atoms with Crippen LogP contribution in [0.4, 0.5) is 5.82 Å². The normalized spacial score (nSPS) is 19.2. The molecule has 1 amide bonds. The van der Waals surface area contributed by atoms with Gasteiger partial charge in [-0.25, -0.2) is 4.98 Å². The fourth-order valence-electron chi connectivity index (χ4n) is 3.90. The van der Waals surface area contributed by atoms with Crippen LogP contribution in [0.15, 0.2) is 75.7 Å². The van der Waals surface area contributed by atoms with E-state index in [1.54, 1.807) is 12.3 Å². The van der Waals surface area contributed by atoms with Crippen molar-refractivity contribution in [2.24, 2.45) is 0 Å². The van der Waals surface area contributed by atoms with Crippen molar-refractivity contribution in [3.63, 3.8) is 0 Å². The van der Waals surface area contributed by atoms with E-state index in [4.69, 9.17) is 0 Å². The number of halogens is 1. The molecule has 0 bridgehead atoms. The van der Waals surface area contributed by atoms with Crippen molar-refractivity contribution in [1.82, 2.24) is 10.3 Å². The molecule has 6 heteroatoms. The number of pyridine rings is 1. The number of carbonyl (C=O) groups excluding carboxylic acids is 2. The number of Topliss-reactive ketones (excluding diaryl/α,β-unsaturated/α-hetero) is 1. The summed E-state index contributed by atoms with van der Waals surface area (Å²) in [6.07, 6.45) is 3.82. The van der Waals surface area contributed by atoms with E-state index < -0.39 is 0 Å². The van der Waals surface area contributed by atoms with E-state index in [0.717, 1.165) is 39.8 Å². The lowest BCUT2D eigenvalue weighted by molar-refractivity contribution is -0.116. The molecule has 2 aliphatic rings. The number of nitrogens with one attached hydrogen (secondary N) is 2. The van der Waals surface area contributed by atoms with Crippen LogP contribution in [0.3, 0.4) is 0 Å². The van der Waals surface area contributed by atoms with Crippen molar-refractivity contribution >= 4 is 33.4 Å². The SMILES string of the molecule is CC1=C(C(=O)Nc2ccc(Br)cn2)C(c2ccccc2)C2=C(CCCC2=O)N1. The first-order valence-electron chi connectivity index (χ1n) is 9.26. The summed E-state index contributed by atoms with van der Waals surface area (Å²) in [4.78, 5) is 30.3. The first kappa shape index (κ1) is 18.6. The molecule has 0 spiro atoms. The summed E-state index contributed by atoms with van der Waals surface area (Å²) in [5, 5.41) is 6.20. The molecule has 2 heterocycles. The average molecular weight is 438 g/mol. The van der Waals surface area contributed by atoms with Gasteiger partial charge in [0.15, 0.2) is 5.78 Å². The molecule has 28 heavy (non-hydrogen) atoms. The molecule has 2 N–H and O–H groups in total. The van der Waals surface area contributed by atoms with E-state index in [0.29, 0.717) is 17.8 Å². The molecule has 0 saturated carbocycles. The van der Waals surface area contributed by atoms with E-state index in [2.05, 4.69) is 31.5 Å². The fraction of sp³-hybridized carbons (Fsp3) is 0.227. The minimum Gasteiger partial charge on any atom is -0.362 e. The molecular weight excluding hydrogens is 418 g/mol. The Labute approximate surface area is 172 Å². The van der Waals surface area contributed by atoms with Gasteiger partial charge in [0.1, 0.15) is 5.82 Å². The summed E-state index contributed by atoms with van der Waals surface area (Å²) in [6.45, 7) is 1.89. The predicted molar refractivity (Wildman–Crippen MR) is 111 cm³/mol. The third-order valence-corrected chi connectivity index (χ3v) is 5.59. The maximum Gasteiger partial charge on any atom is 0.255 e. The second-order valence-corrected chi connectivity index (χ2v) is 7.91. The number of amides is 1. The maximum atomic E-state index is 13.2. The topological polar surface area (TPSA) is 71.1 Å². The van der Waals surface area contributed by atoms with E-state index in [1.807, 2.05) is 43.3 Å². The number of carbonyl (C=O) groups is 2. The number of rotatable bonds is 3. The van der Waals surface area contributed by atoms with Crippen molar-refractivity contribution in [3.8, 4) is 0 Å². The number of dihydropyridines is 1. The molecular formula is C22H20BrN3O2. The Hall–Kier alpha value is -2.73. The summed E-state index contributed by atoms with van der Waals surface area (Å²) in [7, 11) is 0. The van der Waals surface area contributed by atoms with Crippen molar-refractivity contribution < 1.29 is 9.59 Å². The molecule has 2 aromatic rings. The van der Waals surface area contributed by atoms with Crippen LogP contribution in [0, 0.1) is 0 Å². The van der Waals surface area contributed by atoms with Gasteiger partial charge in [-0.05, 0) is 53.4 Å². The molecule has 142 valence electrons. The first-order chi connectivity index (χ1) is 13.5. The molecule has 0 radical (unpaired) electrons. The standard InChI is InChI=1S/C22H20BrN3O2/c1-13-19(22(28)26-18-11-10-15(23)12-24-18)20(14-6-3-2-4-7-14)21-16(25-13)8-5-9-17(21)27/h2-4,6-7,10-12,20,25H,5,8-9H2,1H3,(H,24,26,28). The van der Waals surface area contributed by atoms with Gasteiger partial charge < -0.3 is 10.6 Å². The van der Waals surface area contributed by atoms with Gasteiger partial charge in [0, 0.05) is 45.5 Å². The summed E-state index contributed by atoms with van der Waals surface area (Å²) in [5.41, 5.74) is 3.94. The van der Waals surface area contributed by atoms with Crippen LogP contribution >= 0.6 is 15.9 Å². The Balaban J connectivity index is 1.76. The first-order valence-corrected chi connectivity index (χ1v) is 10.1. The predicted octanol–water partition coefficient (Wildman–Crippen LogP) is 4.45. The number of allylic oxidation sites excluding steroid dienone is 3. The van der Waals surface area contributed by atoms with Crippen LogP contribution in [0.2, 0.25) is 0 Å². The number of anilines is 1. The van der Waals surface area contributed by atoms with Gasteiger partial charge in [-0.15, -0.1) is 0 Å². The summed E-state index contributed by atoms with van der Waals surface area (Å²) < 4.78 is 0.838. The van der Waals surface area contributed by atoms with E-state index in [1.165, 1.54) is 0 Å². The largest absolute Gasteiger partial charge is 0.362 e. The van der Waals surface area contributed by atoms with Gasteiger partial charge in [0.25, 0.3) is 5.91 Å². The molecule has 1 aromatic carbocycles. The minimum absolute atomic E-state index is 0.113. The lowest BCUT2D eigenvalue weighted by Gasteiger charge is -2.34. The molecule has 4 rings (SSSR count). The summed E-state index contributed by atoms with van der Waals surface area (Å²) in [6, 6.07) is 13.3. The van der Waals surface area contributed by atoms with E-state index in [9.17, 15) is 9.59 Å². The Morgan fingerprint density at radius 3 is 2.68 bits per heavy atom. The Morgan fingerprint density at radius 1 is 1.18 bits per heavy atom. The quantitative estimate of drug-likeness (QED) is 0.743. The number of hydrogen-bond acceptors (Lipinski definition) is 4. The monoisotopic (exact) mass is 437 g/mol. The second kappa shape index (κ2) is 7.72. The lowest BCUT2D eigenvalue weighted by Crippen LogP contribution is -2.35. The Bertz CT molecular complexity index is 994. The van der Waals surface area contributed by atoms with Gasteiger partial charge in [0.2, 0.25) is 0 Å². The number of hydrogen-bond donors (Lipinski definition) is 2. The molecule has 5 nitrogen and oxygen atoms in total. The Kier molecular flexibility index (Phi) is 5.13. The van der Waals surface area contributed by atoms with Gasteiger partial charge >= 0.3 is 0 Å². The highest BCUT2D eigenvalue weighted by atomic mass is 79.9. The van der Waals surface area contributed by atoms with Crippen LogP contribution in [-0.2, 0) is 9.59 Å². The van der Waals surface area contributed by atoms with Crippen LogP contribution in [0.25, 0.3) is 0 Å². The Morgan fingerprint density at radius 2 is 1.96 bits per heavy atom. The van der Waals surface area contributed by atoms with Crippen LogP contribution in [0.1, 0.15) is 37.7 Å². The zero-order valence-corrected chi connectivity index (χ0v) is 17.0. The van der Waals surface area contributed by atoms with Gasteiger partial charge in [0.05, 0.1) is 0 Å². The highest BCUT2D eigenvalue weighted by Gasteiger charge is 2.38. The third-order valence-electron chi connectivity index (χ3n) is 5.12. The maximum absolute atomic E-state index is 13.2. The van der Waals surface area contributed by atoms with E-state index >= 15 is 0 Å². The van der Waals surface area contributed by atoms with Gasteiger partial charge in [-0.2, -0.15) is 0 Å². The molecule has 1 aliphatic carbocycles. The van der Waals surface area contributed by atoms with Crippen molar-refractivity contribution in [1.29, 1.82) is 0 Å². The number of nitrogens with zero attached hydrogens (tertiary/aromatic N) is 1. The molecule has 1 unspecified atom stereocenters. The summed E-state index contributed by atoms with van der Waals surface area (Å²) in [5.74, 6) is -0.0449. The smallest absolute Gasteiger partial charge is 0.255 e. The molecule has 1 aromatic heterocycles. The van der Waals surface area contributed by atoms with Crippen molar-refractivity contribution in [2.45, 2.75) is 32.1 Å². The molecule has 0 fully saturated rings. The lowest BCUT2D eigenvalue weighted by atomic mass is 9.75. The van der Waals surface area contributed by atoms with E-state index in [-0.39, 0.29) is 17.6 Å². The van der Waals surface area contributed by atoms with Gasteiger partial charge in [-0.1, -0.05) is 30.3 Å². The number of benzene rings is 1. The van der Waals surface area contributed by atoms with Crippen LogP contribution in [0.5, 0.6) is 0 Å². The molecule has 1 aliphatic heterocycles. The molecule has 1 atom stereocenters. The zero-order chi connectivity index (χ0) is 19.7. The minimum atomic E-state index is -0.374. The highest BCUT2D eigenvalue weighted by molar-refractivity contribution is 9.10. The average Bonchev–Trinajstić information content (AvgIpc) is 2.69. The van der Waals surface area contributed by atoms with Crippen molar-refractivity contribution in [3.05, 3.63) is 81.2 Å². The number of ketones is 1. The second-order valence-electron chi connectivity index (χ2n) is 6.99. The fourth-order valence-corrected chi connectivity index (χ4v) is 4.13. The summed E-state index contributed by atoms with van der Waals surface area (Å²) >= 11 is 3.34. The highest BCUT2D eigenvalue weighted by Crippen LogP contribution is 2.42.